The van der Waals surface area contributed by atoms with Gasteiger partial charge >= 0.3 is 0 Å². The Morgan fingerprint density at radius 1 is 1.41 bits per heavy atom. The molecule has 3 N–H and O–H groups in total. The lowest BCUT2D eigenvalue weighted by Gasteiger charge is -2.01. The van der Waals surface area contributed by atoms with E-state index in [1.165, 1.54) is 11.5 Å². The van der Waals surface area contributed by atoms with E-state index in [4.69, 9.17) is 5.84 Å². The van der Waals surface area contributed by atoms with Gasteiger partial charge in [-0.3, -0.25) is 0 Å². The van der Waals surface area contributed by atoms with Gasteiger partial charge in [0.25, 0.3) is 0 Å². The number of hydrogen-bond acceptors (Lipinski definition) is 7. The monoisotopic (exact) mass is 267 g/mol. The zero-order valence-corrected chi connectivity index (χ0v) is 11.0. The number of nitrogens with zero attached hydrogens (tertiary/aromatic N) is 3. The Hall–Kier alpha value is -1.18. The zero-order chi connectivity index (χ0) is 12.1. The van der Waals surface area contributed by atoms with E-state index in [0.29, 0.717) is 5.82 Å². The molecule has 2 aromatic rings. The molecule has 0 saturated heterocycles. The van der Waals surface area contributed by atoms with Gasteiger partial charge in [-0.2, -0.15) is 4.37 Å². The first-order valence-corrected chi connectivity index (χ1v) is 6.95. The second kappa shape index (κ2) is 5.95. The third kappa shape index (κ3) is 3.39. The minimum absolute atomic E-state index is 0.676. The van der Waals surface area contributed by atoms with E-state index in [9.17, 15) is 0 Å². The number of hydrazine groups is 1. The van der Waals surface area contributed by atoms with Crippen LogP contribution in [0.4, 0.5) is 5.82 Å². The summed E-state index contributed by atoms with van der Waals surface area (Å²) < 4.78 is 5.22. The third-order valence-electron chi connectivity index (χ3n) is 2.06. The Labute approximate surface area is 108 Å². The van der Waals surface area contributed by atoms with E-state index in [0.717, 1.165) is 28.0 Å². The van der Waals surface area contributed by atoms with E-state index < -0.39 is 0 Å². The molecule has 0 bridgehead atoms. The Morgan fingerprint density at radius 2 is 2.29 bits per heavy atom. The van der Waals surface area contributed by atoms with Gasteiger partial charge in [0.2, 0.25) is 0 Å². The van der Waals surface area contributed by atoms with Crippen LogP contribution in [-0.4, -0.2) is 14.3 Å². The minimum atomic E-state index is 0.676. The summed E-state index contributed by atoms with van der Waals surface area (Å²) in [5.74, 6) is 7.66. The van der Waals surface area contributed by atoms with Crippen LogP contribution in [0.2, 0.25) is 0 Å². The molecule has 0 saturated carbocycles. The molecule has 0 atom stereocenters. The van der Waals surface area contributed by atoms with Gasteiger partial charge in [0.05, 0.1) is 5.69 Å². The maximum Gasteiger partial charge on any atom is 0.170 e. The number of aryl methyl sites for hydroxylation is 1. The summed E-state index contributed by atoms with van der Waals surface area (Å²) in [5, 5.41) is 0. The predicted octanol–water partition coefficient (Wildman–Crippen LogP) is 2.07. The molecule has 7 heteroatoms. The highest BCUT2D eigenvalue weighted by molar-refractivity contribution is 8.00. The van der Waals surface area contributed by atoms with Gasteiger partial charge in [-0.1, -0.05) is 24.8 Å². The largest absolute Gasteiger partial charge is 0.308 e. The number of thioether (sulfide) groups is 1. The summed E-state index contributed by atoms with van der Waals surface area (Å²) in [6, 6.07) is 5.72. The minimum Gasteiger partial charge on any atom is -0.308 e. The van der Waals surface area contributed by atoms with Gasteiger partial charge in [0.15, 0.2) is 4.34 Å². The van der Waals surface area contributed by atoms with Crippen molar-refractivity contribution < 1.29 is 0 Å². The number of aromatic nitrogens is 3. The Morgan fingerprint density at radius 3 is 3.00 bits per heavy atom. The molecule has 0 radical (unpaired) electrons. The number of hydrogen-bond donors (Lipinski definition) is 2. The first-order chi connectivity index (χ1) is 8.31. The van der Waals surface area contributed by atoms with E-state index >= 15 is 0 Å². The van der Waals surface area contributed by atoms with Crippen LogP contribution in [0.3, 0.4) is 0 Å². The van der Waals surface area contributed by atoms with Gasteiger partial charge in [0.1, 0.15) is 11.6 Å². The highest BCUT2D eigenvalue weighted by atomic mass is 32.2. The Balaban J connectivity index is 1.96. The average Bonchev–Trinajstić information content (AvgIpc) is 2.84. The molecule has 0 fully saturated rings. The van der Waals surface area contributed by atoms with Crippen LogP contribution in [-0.2, 0) is 12.2 Å². The number of nitrogens with two attached hydrogens (primary N) is 1. The molecule has 2 heterocycles. The van der Waals surface area contributed by atoms with Gasteiger partial charge in [-0.05, 0) is 23.7 Å². The molecule has 0 aliphatic carbocycles. The molecule has 0 aromatic carbocycles. The van der Waals surface area contributed by atoms with Crippen molar-refractivity contribution in [3.63, 3.8) is 0 Å². The van der Waals surface area contributed by atoms with Crippen LogP contribution < -0.4 is 11.3 Å². The first-order valence-electron chi connectivity index (χ1n) is 5.19. The van der Waals surface area contributed by atoms with Crippen molar-refractivity contribution in [1.29, 1.82) is 0 Å². The van der Waals surface area contributed by atoms with Crippen LogP contribution in [0.5, 0.6) is 0 Å². The second-order valence-electron chi connectivity index (χ2n) is 3.28. The van der Waals surface area contributed by atoms with Gasteiger partial charge in [0, 0.05) is 12.2 Å². The predicted molar refractivity (Wildman–Crippen MR) is 70.9 cm³/mol. The van der Waals surface area contributed by atoms with E-state index in [-0.39, 0.29) is 0 Å². The van der Waals surface area contributed by atoms with Gasteiger partial charge in [-0.15, -0.1) is 0 Å². The lowest BCUT2D eigenvalue weighted by Crippen LogP contribution is -2.08. The molecule has 0 amide bonds. The lowest BCUT2D eigenvalue weighted by molar-refractivity contribution is 0.971. The quantitative estimate of drug-likeness (QED) is 0.490. The molecule has 0 unspecified atom stereocenters. The van der Waals surface area contributed by atoms with E-state index in [2.05, 4.69) is 26.7 Å². The van der Waals surface area contributed by atoms with Crippen LogP contribution in [0.1, 0.15) is 18.4 Å². The van der Waals surface area contributed by atoms with Crippen LogP contribution in [0, 0.1) is 0 Å². The normalized spacial score (nSPS) is 10.5. The summed E-state index contributed by atoms with van der Waals surface area (Å²) in [6.45, 7) is 2.05. The fourth-order valence-corrected chi connectivity index (χ4v) is 2.82. The Bertz CT molecular complexity index is 485. The lowest BCUT2D eigenvalue weighted by atomic mass is 10.4. The highest BCUT2D eigenvalue weighted by Gasteiger charge is 2.04. The summed E-state index contributed by atoms with van der Waals surface area (Å²) >= 11 is 3.08. The molecule has 17 heavy (non-hydrogen) atoms. The molecule has 2 rings (SSSR count). The van der Waals surface area contributed by atoms with Crippen LogP contribution in [0.15, 0.2) is 22.5 Å². The fourth-order valence-electron chi connectivity index (χ4n) is 1.22. The van der Waals surface area contributed by atoms with E-state index in [1.54, 1.807) is 11.8 Å². The van der Waals surface area contributed by atoms with Crippen molar-refractivity contribution in [2.75, 3.05) is 5.43 Å². The van der Waals surface area contributed by atoms with Gasteiger partial charge < -0.3 is 5.43 Å². The van der Waals surface area contributed by atoms with Crippen molar-refractivity contribution in [1.82, 2.24) is 14.3 Å². The molecule has 5 nitrogen and oxygen atoms in total. The number of pyridine rings is 1. The fraction of sp³-hybridized carbons (Fsp3) is 0.300. The molecule has 0 aliphatic heterocycles. The van der Waals surface area contributed by atoms with Gasteiger partial charge in [-0.25, -0.2) is 15.8 Å². The number of nitrogen functional groups attached to an aromatic ring is 1. The number of anilines is 1. The molecule has 0 aliphatic rings. The van der Waals surface area contributed by atoms with Crippen molar-refractivity contribution in [2.45, 2.75) is 23.4 Å². The summed E-state index contributed by atoms with van der Waals surface area (Å²) in [7, 11) is 0. The average molecular weight is 267 g/mol. The number of rotatable bonds is 5. The SMILES string of the molecule is CCc1nsc(SCc2cccc(NN)n2)n1. The maximum absolute atomic E-state index is 5.31. The third-order valence-corrected chi connectivity index (χ3v) is 3.97. The molecule has 2 aromatic heterocycles. The summed E-state index contributed by atoms with van der Waals surface area (Å²) in [5.41, 5.74) is 3.50. The molecule has 90 valence electrons. The smallest absolute Gasteiger partial charge is 0.170 e. The van der Waals surface area contributed by atoms with E-state index in [1.807, 2.05) is 18.2 Å². The highest BCUT2D eigenvalue weighted by Crippen LogP contribution is 2.24. The standard InChI is InChI=1S/C10H13N5S2/c1-2-8-13-10(17-15-8)16-6-7-4-3-5-9(12-7)14-11/h3-5H,2,6,11H2,1H3,(H,12,14). The summed E-state index contributed by atoms with van der Waals surface area (Å²) in [6.07, 6.45) is 0.877. The number of nitrogens with one attached hydrogen (secondary N) is 1. The molecular weight excluding hydrogens is 254 g/mol. The topological polar surface area (TPSA) is 76.7 Å². The summed E-state index contributed by atoms with van der Waals surface area (Å²) in [4.78, 5) is 8.72. The maximum atomic E-state index is 5.31. The molecule has 0 spiro atoms. The molecular formula is C10H13N5S2. The Kier molecular flexibility index (Phi) is 4.29. The zero-order valence-electron chi connectivity index (χ0n) is 9.38. The van der Waals surface area contributed by atoms with Crippen molar-refractivity contribution >= 4 is 29.1 Å². The second-order valence-corrected chi connectivity index (χ2v) is 5.25. The van der Waals surface area contributed by atoms with Crippen molar-refractivity contribution in [3.05, 3.63) is 29.7 Å². The van der Waals surface area contributed by atoms with Crippen LogP contribution >= 0.6 is 23.3 Å². The van der Waals surface area contributed by atoms with Crippen molar-refractivity contribution in [2.24, 2.45) is 5.84 Å². The van der Waals surface area contributed by atoms with Crippen molar-refractivity contribution in [3.8, 4) is 0 Å². The first kappa shape index (κ1) is 12.3. The van der Waals surface area contributed by atoms with Crippen LogP contribution in [0.25, 0.3) is 0 Å².